The quantitative estimate of drug-likeness (QED) is 0.198. The van der Waals surface area contributed by atoms with Gasteiger partial charge in [0.2, 0.25) is 11.6 Å². The zero-order valence-electron chi connectivity index (χ0n) is 21.3. The van der Waals surface area contributed by atoms with E-state index in [1.54, 1.807) is 6.92 Å². The minimum Gasteiger partial charge on any atom is -0.491 e. The van der Waals surface area contributed by atoms with Gasteiger partial charge in [0.1, 0.15) is 0 Å². The Balaban J connectivity index is 1.27. The smallest absolute Gasteiger partial charge is 0.314 e. The Morgan fingerprint density at radius 2 is 1.39 bits per heavy atom. The molecule has 0 radical (unpaired) electrons. The summed E-state index contributed by atoms with van der Waals surface area (Å²) >= 11 is 0. The molecule has 0 atom stereocenters. The normalized spacial score (nSPS) is 24.2. The van der Waals surface area contributed by atoms with Crippen molar-refractivity contribution in [3.63, 3.8) is 0 Å². The van der Waals surface area contributed by atoms with Crippen LogP contribution in [0, 0.1) is 23.5 Å². The van der Waals surface area contributed by atoms with E-state index in [9.17, 15) is 13.6 Å². The van der Waals surface area contributed by atoms with E-state index in [2.05, 4.69) is 30.8 Å². The van der Waals surface area contributed by atoms with E-state index in [1.807, 2.05) is 6.08 Å². The van der Waals surface area contributed by atoms with E-state index in [1.165, 1.54) is 55.4 Å². The molecule has 0 heterocycles. The van der Waals surface area contributed by atoms with Crippen LogP contribution >= 0.6 is 0 Å². The molecule has 0 N–H and O–H groups in total. The van der Waals surface area contributed by atoms with E-state index in [0.717, 1.165) is 25.2 Å². The van der Waals surface area contributed by atoms with Crippen LogP contribution in [0.15, 0.2) is 49.1 Å². The van der Waals surface area contributed by atoms with Crippen LogP contribution in [0.25, 0.3) is 0 Å². The van der Waals surface area contributed by atoms with Crippen LogP contribution < -0.4 is 9.47 Å². The highest BCUT2D eigenvalue weighted by molar-refractivity contribution is 5.75. The lowest BCUT2D eigenvalue weighted by atomic mass is 9.76. The van der Waals surface area contributed by atoms with Gasteiger partial charge < -0.3 is 9.47 Å². The molecule has 0 bridgehead atoms. The van der Waals surface area contributed by atoms with E-state index in [4.69, 9.17) is 9.47 Å². The summed E-state index contributed by atoms with van der Waals surface area (Å²) < 4.78 is 38.7. The summed E-state index contributed by atoms with van der Waals surface area (Å²) in [7, 11) is 0. The average molecular weight is 497 g/mol. The van der Waals surface area contributed by atoms with Crippen molar-refractivity contribution < 1.29 is 23.0 Å². The third kappa shape index (κ3) is 6.35. The maximum atomic E-state index is 14.3. The predicted octanol–water partition coefficient (Wildman–Crippen LogP) is 8.48. The lowest BCUT2D eigenvalue weighted by molar-refractivity contribution is -0.140. The molecule has 2 aromatic carbocycles. The Bertz CT molecular complexity index is 1020. The molecule has 0 aliphatic heterocycles. The predicted molar refractivity (Wildman–Crippen MR) is 138 cm³/mol. The molecule has 2 aliphatic rings. The van der Waals surface area contributed by atoms with E-state index < -0.39 is 17.6 Å². The fraction of sp³-hybridized carbons (Fsp3) is 0.516. The van der Waals surface area contributed by atoms with Crippen LogP contribution in [0.2, 0.25) is 0 Å². The zero-order chi connectivity index (χ0) is 25.5. The summed E-state index contributed by atoms with van der Waals surface area (Å²) in [4.78, 5) is 12.6. The number of esters is 1. The zero-order valence-corrected chi connectivity index (χ0v) is 21.3. The van der Waals surface area contributed by atoms with Gasteiger partial charge in [0.25, 0.3) is 0 Å². The SMILES string of the molecule is C=CCCC1CCC(c2ccc(C3CCC(C(=O)Oc4ccc(OCC)c(F)c4F)CC3)cc2)CC1. The summed E-state index contributed by atoms with van der Waals surface area (Å²) in [6, 6.07) is 11.7. The summed E-state index contributed by atoms with van der Waals surface area (Å²) in [5, 5.41) is 0. The Hall–Kier alpha value is -2.69. The molecule has 0 aromatic heterocycles. The minimum atomic E-state index is -1.19. The highest BCUT2D eigenvalue weighted by Crippen LogP contribution is 2.40. The van der Waals surface area contributed by atoms with Gasteiger partial charge >= 0.3 is 5.97 Å². The van der Waals surface area contributed by atoms with Crippen LogP contribution in [0.3, 0.4) is 0 Å². The minimum absolute atomic E-state index is 0.183. The van der Waals surface area contributed by atoms with Gasteiger partial charge in [0, 0.05) is 0 Å². The van der Waals surface area contributed by atoms with E-state index in [-0.39, 0.29) is 24.0 Å². The lowest BCUT2D eigenvalue weighted by Crippen LogP contribution is -2.25. The summed E-state index contributed by atoms with van der Waals surface area (Å²) in [5.41, 5.74) is 2.77. The fourth-order valence-corrected chi connectivity index (χ4v) is 5.89. The van der Waals surface area contributed by atoms with Gasteiger partial charge in [-0.25, -0.2) is 0 Å². The van der Waals surface area contributed by atoms with Gasteiger partial charge in [0.15, 0.2) is 11.5 Å². The molecule has 0 amide bonds. The van der Waals surface area contributed by atoms with Gasteiger partial charge in [-0.15, -0.1) is 6.58 Å². The van der Waals surface area contributed by atoms with Crippen molar-refractivity contribution in [2.24, 2.45) is 11.8 Å². The van der Waals surface area contributed by atoms with Gasteiger partial charge in [-0.1, -0.05) is 30.3 Å². The first-order chi connectivity index (χ1) is 17.5. The second-order valence-corrected chi connectivity index (χ2v) is 10.3. The van der Waals surface area contributed by atoms with Crippen LogP contribution in [-0.2, 0) is 4.79 Å². The second-order valence-electron chi connectivity index (χ2n) is 10.3. The first-order valence-corrected chi connectivity index (χ1v) is 13.5. The summed E-state index contributed by atoms with van der Waals surface area (Å²) in [6.45, 7) is 5.75. The van der Waals surface area contributed by atoms with Crippen molar-refractivity contribution in [2.45, 2.75) is 83.0 Å². The largest absolute Gasteiger partial charge is 0.491 e. The van der Waals surface area contributed by atoms with Gasteiger partial charge in [-0.2, -0.15) is 8.78 Å². The molecule has 36 heavy (non-hydrogen) atoms. The first kappa shape index (κ1) is 26.4. The fourth-order valence-electron chi connectivity index (χ4n) is 5.89. The molecule has 4 rings (SSSR count). The van der Waals surface area contributed by atoms with Gasteiger partial charge in [0.05, 0.1) is 12.5 Å². The van der Waals surface area contributed by atoms with E-state index in [0.29, 0.717) is 24.7 Å². The standard InChI is InChI=1S/C31H38F2O3/c1-3-5-6-21-7-9-22(10-8-21)23-11-13-24(14-12-23)25-15-17-26(18-16-25)31(34)36-28-20-19-27(35-4-2)29(32)30(28)33/h3,11-14,19-22,25-26H,1,4-10,15-18H2,2H3. The number of rotatable bonds is 9. The van der Waals surface area contributed by atoms with Crippen LogP contribution in [0.5, 0.6) is 11.5 Å². The lowest BCUT2D eigenvalue weighted by Gasteiger charge is -2.30. The Morgan fingerprint density at radius 3 is 1.94 bits per heavy atom. The topological polar surface area (TPSA) is 35.5 Å². The van der Waals surface area contributed by atoms with Crippen molar-refractivity contribution >= 4 is 5.97 Å². The number of benzene rings is 2. The maximum absolute atomic E-state index is 14.3. The number of allylic oxidation sites excluding steroid dienone is 1. The van der Waals surface area contributed by atoms with Crippen LogP contribution in [0.1, 0.15) is 94.1 Å². The van der Waals surface area contributed by atoms with Crippen LogP contribution in [0.4, 0.5) is 8.78 Å². The maximum Gasteiger partial charge on any atom is 0.314 e. The molecule has 2 saturated carbocycles. The molecule has 194 valence electrons. The monoisotopic (exact) mass is 496 g/mol. The molecule has 0 unspecified atom stereocenters. The number of ether oxygens (including phenoxy) is 2. The van der Waals surface area contributed by atoms with Crippen molar-refractivity contribution in [1.29, 1.82) is 0 Å². The first-order valence-electron chi connectivity index (χ1n) is 13.5. The van der Waals surface area contributed by atoms with Crippen LogP contribution in [-0.4, -0.2) is 12.6 Å². The molecule has 5 heteroatoms. The molecular formula is C31H38F2O3. The van der Waals surface area contributed by atoms with Gasteiger partial charge in [-0.3, -0.25) is 4.79 Å². The number of carbonyl (C=O) groups excluding carboxylic acids is 1. The highest BCUT2D eigenvalue weighted by Gasteiger charge is 2.30. The number of carbonyl (C=O) groups is 1. The molecule has 2 aromatic rings. The number of hydrogen-bond acceptors (Lipinski definition) is 3. The van der Waals surface area contributed by atoms with Crippen molar-refractivity contribution in [3.05, 3.63) is 71.8 Å². The third-order valence-electron chi connectivity index (χ3n) is 8.09. The molecule has 2 fully saturated rings. The van der Waals surface area contributed by atoms with E-state index >= 15 is 0 Å². The second kappa shape index (κ2) is 12.5. The molecule has 0 spiro atoms. The number of hydrogen-bond donors (Lipinski definition) is 0. The average Bonchev–Trinajstić information content (AvgIpc) is 2.92. The third-order valence-corrected chi connectivity index (χ3v) is 8.09. The summed E-state index contributed by atoms with van der Waals surface area (Å²) in [6.07, 6.45) is 12.7. The van der Waals surface area contributed by atoms with Crippen molar-refractivity contribution in [1.82, 2.24) is 0 Å². The molecule has 2 aliphatic carbocycles. The Labute approximate surface area is 213 Å². The molecule has 0 saturated heterocycles. The molecule has 3 nitrogen and oxygen atoms in total. The highest BCUT2D eigenvalue weighted by atomic mass is 19.2. The summed E-state index contributed by atoms with van der Waals surface area (Å²) in [5.74, 6) is -1.74. The number of halogens is 2. The van der Waals surface area contributed by atoms with Crippen molar-refractivity contribution in [2.75, 3.05) is 6.61 Å². The van der Waals surface area contributed by atoms with Gasteiger partial charge in [-0.05, 0) is 112 Å². The van der Waals surface area contributed by atoms with Crippen molar-refractivity contribution in [3.8, 4) is 11.5 Å². The Kier molecular flexibility index (Phi) is 9.17. The molecular weight excluding hydrogens is 458 g/mol. The Morgan fingerprint density at radius 1 is 0.861 bits per heavy atom.